The Balaban J connectivity index is 2.58. The highest BCUT2D eigenvalue weighted by Crippen LogP contribution is 2.35. The molecule has 0 saturated heterocycles. The third-order valence-electron chi connectivity index (χ3n) is 3.41. The zero-order valence-corrected chi connectivity index (χ0v) is 13.1. The van der Waals surface area contributed by atoms with E-state index in [1.165, 1.54) is 5.56 Å². The van der Waals surface area contributed by atoms with E-state index < -0.39 is 0 Å². The van der Waals surface area contributed by atoms with E-state index >= 15 is 0 Å². The molecule has 1 unspecified atom stereocenters. The van der Waals surface area contributed by atoms with Gasteiger partial charge in [-0.1, -0.05) is 6.07 Å². The van der Waals surface area contributed by atoms with Crippen LogP contribution in [0.2, 0.25) is 0 Å². The molecule has 0 saturated carbocycles. The number of aryl methyl sites for hydroxylation is 2. The van der Waals surface area contributed by atoms with Gasteiger partial charge < -0.3 is 15.5 Å². The molecule has 102 valence electrons. The number of nitrogens with two attached hydrogens (primary N) is 1. The summed E-state index contributed by atoms with van der Waals surface area (Å²) < 4.78 is 6.37. The molecule has 2 rings (SSSR count). The van der Waals surface area contributed by atoms with Crippen molar-refractivity contribution in [1.29, 1.82) is 0 Å². The van der Waals surface area contributed by atoms with E-state index in [0.717, 1.165) is 32.9 Å². The van der Waals surface area contributed by atoms with E-state index in [0.29, 0.717) is 0 Å². The maximum absolute atomic E-state index is 6.33. The van der Waals surface area contributed by atoms with Crippen molar-refractivity contribution in [2.24, 2.45) is 5.73 Å². The molecule has 5 heteroatoms. The highest BCUT2D eigenvalue weighted by Gasteiger charge is 2.21. The van der Waals surface area contributed by atoms with E-state index in [-0.39, 0.29) is 6.04 Å². The van der Waals surface area contributed by atoms with Gasteiger partial charge in [0.05, 0.1) is 19.3 Å². The molecule has 4 nitrogen and oxygen atoms in total. The summed E-state index contributed by atoms with van der Waals surface area (Å²) in [7, 11) is 1.68. The van der Waals surface area contributed by atoms with E-state index in [1.54, 1.807) is 13.3 Å². The SMILES string of the molecule is COc1c(C)c(C)cc(C)c1C(N)c1ncc(Br)[nH]1. The Morgan fingerprint density at radius 2 is 2.00 bits per heavy atom. The lowest BCUT2D eigenvalue weighted by molar-refractivity contribution is 0.403. The van der Waals surface area contributed by atoms with Crippen LogP contribution in [0, 0.1) is 20.8 Å². The molecule has 0 spiro atoms. The molecule has 1 aromatic carbocycles. The molecule has 3 N–H and O–H groups in total. The average Bonchev–Trinajstić information content (AvgIpc) is 2.79. The van der Waals surface area contributed by atoms with Crippen molar-refractivity contribution in [2.75, 3.05) is 7.11 Å². The van der Waals surface area contributed by atoms with E-state index in [4.69, 9.17) is 10.5 Å². The van der Waals surface area contributed by atoms with Crippen LogP contribution >= 0.6 is 15.9 Å². The molecule has 1 heterocycles. The first kappa shape index (κ1) is 14.1. The molecule has 1 atom stereocenters. The van der Waals surface area contributed by atoms with E-state index in [9.17, 15) is 0 Å². The highest BCUT2D eigenvalue weighted by molar-refractivity contribution is 9.10. The lowest BCUT2D eigenvalue weighted by Gasteiger charge is -2.20. The largest absolute Gasteiger partial charge is 0.496 e. The normalized spacial score (nSPS) is 12.5. The Morgan fingerprint density at radius 3 is 2.53 bits per heavy atom. The summed E-state index contributed by atoms with van der Waals surface area (Å²) in [5, 5.41) is 0. The summed E-state index contributed by atoms with van der Waals surface area (Å²) in [6.45, 7) is 6.16. The molecular weight excluding hydrogens is 306 g/mol. The highest BCUT2D eigenvalue weighted by atomic mass is 79.9. The zero-order valence-electron chi connectivity index (χ0n) is 11.5. The quantitative estimate of drug-likeness (QED) is 0.911. The van der Waals surface area contributed by atoms with Gasteiger partial charge in [-0.2, -0.15) is 0 Å². The fourth-order valence-corrected chi connectivity index (χ4v) is 2.63. The number of nitrogens with zero attached hydrogens (tertiary/aromatic N) is 1. The number of aromatic amines is 1. The minimum Gasteiger partial charge on any atom is -0.496 e. The maximum Gasteiger partial charge on any atom is 0.128 e. The standard InChI is InChI=1S/C14H18BrN3O/c1-7-5-8(2)11(13(19-4)9(7)3)12(16)14-17-6-10(15)18-14/h5-6,12H,16H2,1-4H3,(H,17,18). The van der Waals surface area contributed by atoms with Gasteiger partial charge >= 0.3 is 0 Å². The lowest BCUT2D eigenvalue weighted by atomic mass is 9.94. The van der Waals surface area contributed by atoms with Gasteiger partial charge in [-0.3, -0.25) is 0 Å². The summed E-state index contributed by atoms with van der Waals surface area (Å²) in [5.41, 5.74) is 10.7. The fraction of sp³-hybridized carbons (Fsp3) is 0.357. The maximum atomic E-state index is 6.33. The van der Waals surface area contributed by atoms with E-state index in [1.807, 2.05) is 13.8 Å². The number of hydrogen-bond acceptors (Lipinski definition) is 3. The monoisotopic (exact) mass is 323 g/mol. The van der Waals surface area contributed by atoms with Gasteiger partial charge in [-0.25, -0.2) is 4.98 Å². The third kappa shape index (κ3) is 2.53. The first-order chi connectivity index (χ1) is 8.95. The Labute approximate surface area is 121 Å². The molecular formula is C14H18BrN3O. The van der Waals surface area contributed by atoms with Crippen LogP contribution in [0.5, 0.6) is 5.75 Å². The number of halogens is 1. The number of ether oxygens (including phenoxy) is 1. The van der Waals surface area contributed by atoms with Crippen LogP contribution in [0.3, 0.4) is 0 Å². The summed E-state index contributed by atoms with van der Waals surface area (Å²) >= 11 is 3.35. The molecule has 0 fully saturated rings. The van der Waals surface area contributed by atoms with Gasteiger partial charge in [0, 0.05) is 5.56 Å². The average molecular weight is 324 g/mol. The predicted octanol–water partition coefficient (Wildman–Crippen LogP) is 3.15. The zero-order chi connectivity index (χ0) is 14.2. The smallest absolute Gasteiger partial charge is 0.128 e. The molecule has 0 aliphatic carbocycles. The molecule has 0 bridgehead atoms. The van der Waals surface area contributed by atoms with E-state index in [2.05, 4.69) is 38.9 Å². The Bertz CT molecular complexity index is 607. The minimum atomic E-state index is -0.333. The second kappa shape index (κ2) is 5.35. The molecule has 1 aromatic heterocycles. The summed E-state index contributed by atoms with van der Waals surface area (Å²) in [6.07, 6.45) is 1.71. The number of methoxy groups -OCH3 is 1. The number of rotatable bonds is 3. The summed E-state index contributed by atoms with van der Waals surface area (Å²) in [4.78, 5) is 7.39. The number of nitrogens with one attached hydrogen (secondary N) is 1. The molecule has 0 aliphatic rings. The van der Waals surface area contributed by atoms with Gasteiger partial charge in [0.2, 0.25) is 0 Å². The van der Waals surface area contributed by atoms with Crippen molar-refractivity contribution < 1.29 is 4.74 Å². The van der Waals surface area contributed by atoms with Crippen molar-refractivity contribution in [2.45, 2.75) is 26.8 Å². The minimum absolute atomic E-state index is 0.333. The van der Waals surface area contributed by atoms with Crippen LogP contribution in [-0.2, 0) is 0 Å². The second-order valence-electron chi connectivity index (χ2n) is 4.68. The van der Waals surface area contributed by atoms with Crippen molar-refractivity contribution >= 4 is 15.9 Å². The first-order valence-electron chi connectivity index (χ1n) is 6.06. The summed E-state index contributed by atoms with van der Waals surface area (Å²) in [6, 6.07) is 1.80. The van der Waals surface area contributed by atoms with Crippen LogP contribution in [0.25, 0.3) is 0 Å². The predicted molar refractivity (Wildman–Crippen MR) is 79.5 cm³/mol. The lowest BCUT2D eigenvalue weighted by Crippen LogP contribution is -2.17. The molecule has 2 aromatic rings. The Kier molecular flexibility index (Phi) is 3.96. The van der Waals surface area contributed by atoms with Gasteiger partial charge in [-0.05, 0) is 53.4 Å². The molecule has 0 radical (unpaired) electrons. The number of hydrogen-bond donors (Lipinski definition) is 2. The van der Waals surface area contributed by atoms with Crippen LogP contribution in [-0.4, -0.2) is 17.1 Å². The topological polar surface area (TPSA) is 63.9 Å². The Hall–Kier alpha value is -1.33. The number of aromatic nitrogens is 2. The molecule has 0 aliphatic heterocycles. The van der Waals surface area contributed by atoms with Gasteiger partial charge in [0.25, 0.3) is 0 Å². The first-order valence-corrected chi connectivity index (χ1v) is 6.85. The molecule has 0 amide bonds. The molecule has 19 heavy (non-hydrogen) atoms. The third-order valence-corrected chi connectivity index (χ3v) is 3.81. The van der Waals surface area contributed by atoms with Gasteiger partial charge in [-0.15, -0.1) is 0 Å². The van der Waals surface area contributed by atoms with Crippen molar-refractivity contribution in [1.82, 2.24) is 9.97 Å². The number of imidazole rings is 1. The number of benzene rings is 1. The van der Waals surface area contributed by atoms with Gasteiger partial charge in [0.15, 0.2) is 0 Å². The fourth-order valence-electron chi connectivity index (χ4n) is 2.33. The number of H-pyrrole nitrogens is 1. The Morgan fingerprint density at radius 1 is 1.32 bits per heavy atom. The van der Waals surface area contributed by atoms with Crippen LogP contribution in [0.1, 0.15) is 34.1 Å². The van der Waals surface area contributed by atoms with Crippen LogP contribution in [0.4, 0.5) is 0 Å². The van der Waals surface area contributed by atoms with Crippen molar-refractivity contribution in [3.05, 3.63) is 44.9 Å². The van der Waals surface area contributed by atoms with Gasteiger partial charge in [0.1, 0.15) is 16.2 Å². The second-order valence-corrected chi connectivity index (χ2v) is 5.53. The van der Waals surface area contributed by atoms with Crippen molar-refractivity contribution in [3.8, 4) is 5.75 Å². The van der Waals surface area contributed by atoms with Crippen molar-refractivity contribution in [3.63, 3.8) is 0 Å². The van der Waals surface area contributed by atoms with Crippen LogP contribution in [0.15, 0.2) is 16.9 Å². The summed E-state index contributed by atoms with van der Waals surface area (Å²) in [5.74, 6) is 1.56. The van der Waals surface area contributed by atoms with Crippen LogP contribution < -0.4 is 10.5 Å².